The zero-order valence-electron chi connectivity index (χ0n) is 18.9. The van der Waals surface area contributed by atoms with E-state index >= 15 is 0 Å². The normalized spacial score (nSPS) is 24.9. The second kappa shape index (κ2) is 13.7. The summed E-state index contributed by atoms with van der Waals surface area (Å²) in [6, 6.07) is 0.301. The predicted molar refractivity (Wildman–Crippen MR) is 133 cm³/mol. The number of hydrogen-bond acceptors (Lipinski definition) is 4. The van der Waals surface area contributed by atoms with Gasteiger partial charge in [-0.05, 0) is 32.1 Å². The first-order valence-corrected chi connectivity index (χ1v) is 11.8. The summed E-state index contributed by atoms with van der Waals surface area (Å²) in [5.74, 6) is 2.05. The highest BCUT2D eigenvalue weighted by Crippen LogP contribution is 2.26. The lowest BCUT2D eigenvalue weighted by atomic mass is 9.88. The molecule has 30 heavy (non-hydrogen) atoms. The molecule has 1 saturated carbocycles. The van der Waals surface area contributed by atoms with Crippen molar-refractivity contribution in [3.8, 4) is 0 Å². The van der Waals surface area contributed by atoms with E-state index in [-0.39, 0.29) is 29.9 Å². The van der Waals surface area contributed by atoms with Crippen molar-refractivity contribution in [3.63, 3.8) is 0 Å². The Morgan fingerprint density at radius 1 is 1.13 bits per heavy atom. The van der Waals surface area contributed by atoms with Crippen LogP contribution in [0.15, 0.2) is 4.99 Å². The van der Waals surface area contributed by atoms with Crippen molar-refractivity contribution in [2.75, 3.05) is 59.0 Å². The van der Waals surface area contributed by atoms with Crippen molar-refractivity contribution in [2.24, 2.45) is 16.8 Å². The van der Waals surface area contributed by atoms with Crippen LogP contribution in [0.5, 0.6) is 0 Å². The van der Waals surface area contributed by atoms with E-state index in [2.05, 4.69) is 34.3 Å². The van der Waals surface area contributed by atoms with Gasteiger partial charge in [-0.25, -0.2) is 0 Å². The molecule has 1 aliphatic carbocycles. The predicted octanol–water partition coefficient (Wildman–Crippen LogP) is 2.31. The van der Waals surface area contributed by atoms with Gasteiger partial charge in [0.15, 0.2) is 5.96 Å². The lowest BCUT2D eigenvalue weighted by molar-refractivity contribution is -0.135. The Bertz CT molecular complexity index is 536. The van der Waals surface area contributed by atoms with Crippen molar-refractivity contribution >= 4 is 35.8 Å². The smallest absolute Gasteiger partial charge is 0.225 e. The van der Waals surface area contributed by atoms with Gasteiger partial charge in [-0.15, -0.1) is 24.0 Å². The first-order valence-electron chi connectivity index (χ1n) is 11.8. The van der Waals surface area contributed by atoms with Crippen LogP contribution in [-0.4, -0.2) is 86.7 Å². The van der Waals surface area contributed by atoms with Crippen LogP contribution in [0.3, 0.4) is 0 Å². The van der Waals surface area contributed by atoms with Gasteiger partial charge in [0.2, 0.25) is 5.91 Å². The minimum atomic E-state index is 0. The van der Waals surface area contributed by atoms with Crippen LogP contribution in [0.4, 0.5) is 0 Å². The standard InChI is InChI=1S/C22H41N5O2.HI/c1-3-23-22(24-15-18(2)16-26-11-13-29-14-12-26)25-20-9-10-27(17-20)21(28)19-7-5-4-6-8-19;/h18-20H,3-17H2,1-2H3,(H2,23,24,25);1H. The summed E-state index contributed by atoms with van der Waals surface area (Å²) in [5, 5.41) is 6.95. The molecule has 7 nitrogen and oxygen atoms in total. The van der Waals surface area contributed by atoms with Crippen LogP contribution >= 0.6 is 24.0 Å². The van der Waals surface area contributed by atoms with E-state index in [1.165, 1.54) is 19.3 Å². The van der Waals surface area contributed by atoms with Gasteiger partial charge < -0.3 is 20.3 Å². The number of hydrogen-bond donors (Lipinski definition) is 2. The fourth-order valence-corrected chi connectivity index (χ4v) is 4.73. The third-order valence-corrected chi connectivity index (χ3v) is 6.37. The molecule has 0 aromatic rings. The van der Waals surface area contributed by atoms with Crippen molar-refractivity contribution in [1.29, 1.82) is 0 Å². The van der Waals surface area contributed by atoms with E-state index in [9.17, 15) is 4.79 Å². The maximum absolute atomic E-state index is 12.8. The van der Waals surface area contributed by atoms with Crippen LogP contribution in [-0.2, 0) is 9.53 Å². The van der Waals surface area contributed by atoms with Gasteiger partial charge in [-0.2, -0.15) is 0 Å². The first kappa shape index (κ1) is 25.6. The molecular weight excluding hydrogens is 493 g/mol. The molecular formula is C22H42IN5O2. The third kappa shape index (κ3) is 8.15. The number of guanidine groups is 1. The highest BCUT2D eigenvalue weighted by molar-refractivity contribution is 14.0. The quantitative estimate of drug-likeness (QED) is 0.298. The number of rotatable bonds is 7. The van der Waals surface area contributed by atoms with E-state index in [0.717, 1.165) is 84.2 Å². The van der Waals surface area contributed by atoms with Crippen LogP contribution < -0.4 is 10.6 Å². The summed E-state index contributed by atoms with van der Waals surface area (Å²) >= 11 is 0. The monoisotopic (exact) mass is 535 g/mol. The fraction of sp³-hybridized carbons (Fsp3) is 0.909. The molecule has 0 spiro atoms. The highest BCUT2D eigenvalue weighted by atomic mass is 127. The molecule has 0 bridgehead atoms. The molecule has 174 valence electrons. The van der Waals surface area contributed by atoms with Crippen LogP contribution in [0, 0.1) is 11.8 Å². The number of halogens is 1. The Morgan fingerprint density at radius 3 is 2.57 bits per heavy atom. The number of carbonyl (C=O) groups is 1. The zero-order chi connectivity index (χ0) is 20.5. The van der Waals surface area contributed by atoms with Crippen molar-refractivity contribution in [2.45, 2.75) is 58.4 Å². The van der Waals surface area contributed by atoms with E-state index in [1.807, 2.05) is 0 Å². The van der Waals surface area contributed by atoms with E-state index < -0.39 is 0 Å². The Balaban J connectivity index is 0.00000320. The van der Waals surface area contributed by atoms with E-state index in [1.54, 1.807) is 0 Å². The number of ether oxygens (including phenoxy) is 1. The summed E-state index contributed by atoms with van der Waals surface area (Å²) in [6.07, 6.45) is 6.89. The Morgan fingerprint density at radius 2 is 1.87 bits per heavy atom. The van der Waals surface area contributed by atoms with E-state index in [0.29, 0.717) is 17.9 Å². The molecule has 3 aliphatic rings. The number of amides is 1. The molecule has 2 saturated heterocycles. The van der Waals surface area contributed by atoms with Crippen LogP contribution in [0.25, 0.3) is 0 Å². The minimum absolute atomic E-state index is 0. The molecule has 2 unspecified atom stereocenters. The second-order valence-electron chi connectivity index (χ2n) is 8.99. The van der Waals surface area contributed by atoms with Gasteiger partial charge in [0.25, 0.3) is 0 Å². The molecule has 0 aromatic carbocycles. The Labute approximate surface area is 199 Å². The second-order valence-corrected chi connectivity index (χ2v) is 8.99. The SMILES string of the molecule is CCNC(=NCC(C)CN1CCOCC1)NC1CCN(C(=O)C2CCCCC2)C1.I. The zero-order valence-corrected chi connectivity index (χ0v) is 21.2. The lowest BCUT2D eigenvalue weighted by Crippen LogP contribution is -2.46. The Hall–Kier alpha value is -0.610. The lowest BCUT2D eigenvalue weighted by Gasteiger charge is -2.28. The molecule has 2 heterocycles. The number of likely N-dealkylation sites (tertiary alicyclic amines) is 1. The Kier molecular flexibility index (Phi) is 11.7. The molecule has 1 amide bonds. The van der Waals surface area contributed by atoms with Crippen LogP contribution in [0.1, 0.15) is 52.4 Å². The van der Waals surface area contributed by atoms with Gasteiger partial charge in [-0.3, -0.25) is 14.7 Å². The van der Waals surface area contributed by atoms with Gasteiger partial charge in [0.1, 0.15) is 0 Å². The minimum Gasteiger partial charge on any atom is -0.379 e. The van der Waals surface area contributed by atoms with Gasteiger partial charge in [0, 0.05) is 57.8 Å². The molecule has 2 atom stereocenters. The largest absolute Gasteiger partial charge is 0.379 e. The summed E-state index contributed by atoms with van der Waals surface area (Å²) in [7, 11) is 0. The van der Waals surface area contributed by atoms with Gasteiger partial charge >= 0.3 is 0 Å². The fourth-order valence-electron chi connectivity index (χ4n) is 4.73. The average molecular weight is 536 g/mol. The number of aliphatic imine (C=N–C) groups is 1. The molecule has 0 radical (unpaired) electrons. The number of nitrogens with one attached hydrogen (secondary N) is 2. The molecule has 3 fully saturated rings. The summed E-state index contributed by atoms with van der Waals surface area (Å²) in [4.78, 5) is 22.2. The van der Waals surface area contributed by atoms with Crippen LogP contribution in [0.2, 0.25) is 0 Å². The number of morpholine rings is 1. The molecule has 0 aromatic heterocycles. The molecule has 2 aliphatic heterocycles. The van der Waals surface area contributed by atoms with Gasteiger partial charge in [-0.1, -0.05) is 26.2 Å². The molecule has 3 rings (SSSR count). The van der Waals surface area contributed by atoms with Crippen molar-refractivity contribution in [3.05, 3.63) is 0 Å². The summed E-state index contributed by atoms with van der Waals surface area (Å²) in [5.41, 5.74) is 0. The van der Waals surface area contributed by atoms with Crippen molar-refractivity contribution < 1.29 is 9.53 Å². The topological polar surface area (TPSA) is 69.2 Å². The molecule has 8 heteroatoms. The van der Waals surface area contributed by atoms with E-state index in [4.69, 9.17) is 9.73 Å². The van der Waals surface area contributed by atoms with Crippen molar-refractivity contribution in [1.82, 2.24) is 20.4 Å². The number of nitrogens with zero attached hydrogens (tertiary/aromatic N) is 3. The highest BCUT2D eigenvalue weighted by Gasteiger charge is 2.31. The average Bonchev–Trinajstić information content (AvgIpc) is 3.21. The molecule has 2 N–H and O–H groups in total. The summed E-state index contributed by atoms with van der Waals surface area (Å²) in [6.45, 7) is 12.5. The maximum Gasteiger partial charge on any atom is 0.225 e. The third-order valence-electron chi connectivity index (χ3n) is 6.37. The summed E-state index contributed by atoms with van der Waals surface area (Å²) < 4.78 is 5.43. The van der Waals surface area contributed by atoms with Gasteiger partial charge in [0.05, 0.1) is 13.2 Å². The first-order chi connectivity index (χ1) is 14.2. The number of carbonyl (C=O) groups excluding carboxylic acids is 1. The maximum atomic E-state index is 12.8.